The predicted molar refractivity (Wildman–Crippen MR) is 70.0 cm³/mol. The van der Waals surface area contributed by atoms with Gasteiger partial charge in [-0.3, -0.25) is 0 Å². The predicted octanol–water partition coefficient (Wildman–Crippen LogP) is 3.20. The molecule has 0 saturated carbocycles. The summed E-state index contributed by atoms with van der Waals surface area (Å²) in [5.74, 6) is 2.23. The van der Waals surface area contributed by atoms with Gasteiger partial charge in [-0.1, -0.05) is 19.1 Å². The first-order chi connectivity index (χ1) is 7.90. The summed E-state index contributed by atoms with van der Waals surface area (Å²) in [6.07, 6.45) is 2.33. The zero-order valence-electron chi connectivity index (χ0n) is 9.74. The van der Waals surface area contributed by atoms with Crippen LogP contribution in [0.3, 0.4) is 0 Å². The van der Waals surface area contributed by atoms with Gasteiger partial charge in [0.15, 0.2) is 0 Å². The Labute approximate surface area is 102 Å². The molecule has 1 heterocycles. The van der Waals surface area contributed by atoms with Gasteiger partial charge in [0.05, 0.1) is 12.0 Å². The number of hydrogen-bond donors (Lipinski definition) is 1. The minimum Gasteiger partial charge on any atom is -0.494 e. The second kappa shape index (κ2) is 6.16. The van der Waals surface area contributed by atoms with Crippen molar-refractivity contribution in [3.05, 3.63) is 29.8 Å². The van der Waals surface area contributed by atoms with Gasteiger partial charge in [-0.25, -0.2) is 0 Å². The first-order valence-electron chi connectivity index (χ1n) is 5.98. The van der Waals surface area contributed by atoms with Crippen LogP contribution in [0.25, 0.3) is 0 Å². The third kappa shape index (κ3) is 3.16. The van der Waals surface area contributed by atoms with Gasteiger partial charge in [0, 0.05) is 0 Å². The van der Waals surface area contributed by atoms with Gasteiger partial charge in [-0.15, -0.1) is 11.8 Å². The molecule has 2 rings (SSSR count). The van der Waals surface area contributed by atoms with E-state index in [1.54, 1.807) is 0 Å². The van der Waals surface area contributed by atoms with Crippen LogP contribution in [0, 0.1) is 0 Å². The molecule has 1 atom stereocenters. The molecule has 1 saturated heterocycles. The maximum absolute atomic E-state index is 5.57. The smallest absolute Gasteiger partial charge is 0.119 e. The highest BCUT2D eigenvalue weighted by Gasteiger charge is 2.14. The van der Waals surface area contributed by atoms with Gasteiger partial charge >= 0.3 is 0 Å². The highest BCUT2D eigenvalue weighted by molar-refractivity contribution is 7.99. The molecular weight excluding hydrogens is 218 g/mol. The molecule has 0 bridgehead atoms. The van der Waals surface area contributed by atoms with Crippen LogP contribution in [-0.4, -0.2) is 18.9 Å². The summed E-state index contributed by atoms with van der Waals surface area (Å²) >= 11 is 1.99. The molecule has 3 heteroatoms. The van der Waals surface area contributed by atoms with Gasteiger partial charge in [0.1, 0.15) is 5.75 Å². The van der Waals surface area contributed by atoms with E-state index in [9.17, 15) is 0 Å². The second-order valence-corrected chi connectivity index (χ2v) is 5.19. The van der Waals surface area contributed by atoms with Crippen molar-refractivity contribution >= 4 is 11.8 Å². The number of thioether (sulfide) groups is 1. The van der Waals surface area contributed by atoms with E-state index in [0.29, 0.717) is 5.37 Å². The summed E-state index contributed by atoms with van der Waals surface area (Å²) in [7, 11) is 0. The monoisotopic (exact) mass is 237 g/mol. The van der Waals surface area contributed by atoms with Gasteiger partial charge in [-0.2, -0.15) is 0 Å². The second-order valence-electron chi connectivity index (χ2n) is 3.98. The number of benzene rings is 1. The van der Waals surface area contributed by atoms with Crippen molar-refractivity contribution in [3.63, 3.8) is 0 Å². The molecule has 0 spiro atoms. The van der Waals surface area contributed by atoms with E-state index in [4.69, 9.17) is 4.74 Å². The first-order valence-corrected chi connectivity index (χ1v) is 7.03. The fourth-order valence-electron chi connectivity index (χ4n) is 1.74. The Kier molecular flexibility index (Phi) is 4.55. The lowest BCUT2D eigenvalue weighted by molar-refractivity contribution is 0.317. The van der Waals surface area contributed by atoms with E-state index in [1.165, 1.54) is 17.7 Å². The van der Waals surface area contributed by atoms with E-state index in [2.05, 4.69) is 36.5 Å². The molecule has 0 aromatic heterocycles. The molecule has 1 aliphatic rings. The molecule has 1 aliphatic heterocycles. The normalized spacial score (nSPS) is 20.7. The Bertz CT molecular complexity index is 306. The summed E-state index contributed by atoms with van der Waals surface area (Å²) in [5.41, 5.74) is 1.36. The molecule has 2 nitrogen and oxygen atoms in total. The first kappa shape index (κ1) is 11.8. The lowest BCUT2D eigenvalue weighted by atomic mass is 10.2. The van der Waals surface area contributed by atoms with Crippen LogP contribution >= 0.6 is 11.8 Å². The highest BCUT2D eigenvalue weighted by Crippen LogP contribution is 2.30. The third-order valence-electron chi connectivity index (χ3n) is 2.59. The summed E-state index contributed by atoms with van der Waals surface area (Å²) < 4.78 is 5.57. The molecule has 1 unspecified atom stereocenters. The Morgan fingerprint density at radius 3 is 2.81 bits per heavy atom. The summed E-state index contributed by atoms with van der Waals surface area (Å²) in [4.78, 5) is 0. The van der Waals surface area contributed by atoms with Crippen molar-refractivity contribution in [1.82, 2.24) is 5.32 Å². The average Bonchev–Trinajstić information content (AvgIpc) is 2.38. The van der Waals surface area contributed by atoms with Crippen molar-refractivity contribution in [2.75, 3.05) is 18.9 Å². The maximum Gasteiger partial charge on any atom is 0.119 e. The Balaban J connectivity index is 1.95. The molecule has 1 aromatic carbocycles. The number of ether oxygens (including phenoxy) is 1. The van der Waals surface area contributed by atoms with Crippen LogP contribution in [0.2, 0.25) is 0 Å². The number of rotatable bonds is 4. The third-order valence-corrected chi connectivity index (χ3v) is 3.89. The minimum atomic E-state index is 0.467. The topological polar surface area (TPSA) is 21.3 Å². The fraction of sp³-hybridized carbons (Fsp3) is 0.538. The van der Waals surface area contributed by atoms with Crippen LogP contribution in [-0.2, 0) is 0 Å². The SMILES string of the molecule is CCCOc1ccc(C2NCCCS2)cc1. The van der Waals surface area contributed by atoms with Crippen LogP contribution in [0.5, 0.6) is 5.75 Å². The zero-order chi connectivity index (χ0) is 11.2. The van der Waals surface area contributed by atoms with Crippen molar-refractivity contribution < 1.29 is 4.74 Å². The van der Waals surface area contributed by atoms with E-state index in [1.807, 2.05) is 11.8 Å². The molecule has 1 aromatic rings. The zero-order valence-corrected chi connectivity index (χ0v) is 10.6. The lowest BCUT2D eigenvalue weighted by Gasteiger charge is -2.23. The molecule has 0 radical (unpaired) electrons. The fourth-order valence-corrected chi connectivity index (χ4v) is 2.87. The molecule has 16 heavy (non-hydrogen) atoms. The van der Waals surface area contributed by atoms with Gasteiger partial charge < -0.3 is 10.1 Å². The van der Waals surface area contributed by atoms with Crippen LogP contribution in [0.1, 0.15) is 30.7 Å². The number of nitrogens with one attached hydrogen (secondary N) is 1. The van der Waals surface area contributed by atoms with E-state index in [0.717, 1.165) is 25.3 Å². The van der Waals surface area contributed by atoms with E-state index >= 15 is 0 Å². The van der Waals surface area contributed by atoms with Crippen molar-refractivity contribution in [1.29, 1.82) is 0 Å². The standard InChI is InChI=1S/C13H19NOS/c1-2-9-15-12-6-4-11(5-7-12)13-14-8-3-10-16-13/h4-7,13-14H,2-3,8-10H2,1H3. The lowest BCUT2D eigenvalue weighted by Crippen LogP contribution is -2.25. The van der Waals surface area contributed by atoms with E-state index < -0.39 is 0 Å². The molecule has 1 N–H and O–H groups in total. The van der Waals surface area contributed by atoms with E-state index in [-0.39, 0.29) is 0 Å². The van der Waals surface area contributed by atoms with Crippen molar-refractivity contribution in [2.24, 2.45) is 0 Å². The molecule has 1 fully saturated rings. The summed E-state index contributed by atoms with van der Waals surface area (Å²) in [5, 5.41) is 3.99. The average molecular weight is 237 g/mol. The molecular formula is C13H19NOS. The Morgan fingerprint density at radius 2 is 2.19 bits per heavy atom. The van der Waals surface area contributed by atoms with Crippen LogP contribution in [0.15, 0.2) is 24.3 Å². The minimum absolute atomic E-state index is 0.467. The molecule has 0 amide bonds. The maximum atomic E-state index is 5.57. The van der Waals surface area contributed by atoms with Gasteiger partial charge in [-0.05, 0) is 42.8 Å². The van der Waals surface area contributed by atoms with Crippen molar-refractivity contribution in [2.45, 2.75) is 25.1 Å². The van der Waals surface area contributed by atoms with Gasteiger partial charge in [0.25, 0.3) is 0 Å². The highest BCUT2D eigenvalue weighted by atomic mass is 32.2. The van der Waals surface area contributed by atoms with Crippen molar-refractivity contribution in [3.8, 4) is 5.75 Å². The van der Waals surface area contributed by atoms with Crippen LogP contribution in [0.4, 0.5) is 0 Å². The van der Waals surface area contributed by atoms with Gasteiger partial charge in [0.2, 0.25) is 0 Å². The van der Waals surface area contributed by atoms with Crippen LogP contribution < -0.4 is 10.1 Å². The Hall–Kier alpha value is -0.670. The molecule has 0 aliphatic carbocycles. The summed E-state index contributed by atoms with van der Waals surface area (Å²) in [6, 6.07) is 8.48. The quantitative estimate of drug-likeness (QED) is 0.869. The largest absolute Gasteiger partial charge is 0.494 e. The Morgan fingerprint density at radius 1 is 1.38 bits per heavy atom. The molecule has 88 valence electrons. The summed E-state index contributed by atoms with van der Waals surface area (Å²) in [6.45, 7) is 4.05. The number of hydrogen-bond acceptors (Lipinski definition) is 3.